The molecule has 0 aliphatic rings. The van der Waals surface area contributed by atoms with Crippen molar-refractivity contribution in [3.8, 4) is 0 Å². The molecule has 0 aliphatic heterocycles. The Kier molecular flexibility index (Phi) is 13.2. The van der Waals surface area contributed by atoms with Gasteiger partial charge in [0.05, 0.1) is 0 Å². The van der Waals surface area contributed by atoms with Gasteiger partial charge >= 0.3 is 0 Å². The molecule has 198 valence electrons. The minimum atomic E-state index is 0. The molecule has 0 spiro atoms. The fourth-order valence-corrected chi connectivity index (χ4v) is 3.63. The summed E-state index contributed by atoms with van der Waals surface area (Å²) in [5.41, 5.74) is 6.72. The average Bonchev–Trinajstić information content (AvgIpc) is 3.01. The van der Waals surface area contributed by atoms with Gasteiger partial charge in [-0.3, -0.25) is 0 Å². The van der Waals surface area contributed by atoms with Crippen LogP contribution in [0.5, 0.6) is 0 Å². The molecule has 0 saturated carbocycles. The van der Waals surface area contributed by atoms with Crippen molar-refractivity contribution in [3.05, 3.63) is 182 Å². The van der Waals surface area contributed by atoms with Crippen LogP contribution in [0.4, 0.5) is 34.1 Å². The van der Waals surface area contributed by atoms with Crippen LogP contribution in [-0.2, 0) is 17.4 Å². The Morgan fingerprint density at radius 3 is 0.450 bits per heavy atom. The first-order valence-electron chi connectivity index (χ1n) is 13.0. The van der Waals surface area contributed by atoms with E-state index >= 15 is 0 Å². The summed E-state index contributed by atoms with van der Waals surface area (Å²) < 4.78 is 0. The monoisotopic (exact) mass is 559 g/mol. The third kappa shape index (κ3) is 11.3. The number of hydrogen-bond donors (Lipinski definition) is 3. The van der Waals surface area contributed by atoms with E-state index < -0.39 is 0 Å². The molecule has 0 amide bonds. The van der Waals surface area contributed by atoms with Crippen molar-refractivity contribution in [3.63, 3.8) is 0 Å². The number of anilines is 6. The Balaban J connectivity index is 0.000000163. The van der Waals surface area contributed by atoms with Crippen molar-refractivity contribution in [2.24, 2.45) is 0 Å². The summed E-state index contributed by atoms with van der Waals surface area (Å²) in [6.07, 6.45) is 0. The smallest absolute Gasteiger partial charge is 0.0384 e. The number of nitrogens with one attached hydrogen (secondary N) is 3. The summed E-state index contributed by atoms with van der Waals surface area (Å²) in [7, 11) is 0. The fraction of sp³-hybridized carbons (Fsp3) is 0. The van der Waals surface area contributed by atoms with E-state index in [-0.39, 0.29) is 17.4 Å². The van der Waals surface area contributed by atoms with Crippen molar-refractivity contribution >= 4 is 34.1 Å². The molecule has 0 fully saturated rings. The van der Waals surface area contributed by atoms with Crippen LogP contribution in [0.1, 0.15) is 0 Å². The largest absolute Gasteiger partial charge is 0.356 e. The van der Waals surface area contributed by atoms with Crippen LogP contribution >= 0.6 is 0 Å². The van der Waals surface area contributed by atoms with E-state index in [4.69, 9.17) is 0 Å². The Labute approximate surface area is 248 Å². The predicted molar refractivity (Wildman–Crippen MR) is 169 cm³/mol. The maximum atomic E-state index is 3.30. The molecule has 0 atom stereocenters. The van der Waals surface area contributed by atoms with Crippen LogP contribution in [0.2, 0.25) is 0 Å². The molecule has 0 aliphatic carbocycles. The molecule has 0 aromatic heterocycles. The fourth-order valence-electron chi connectivity index (χ4n) is 3.63. The first-order valence-corrected chi connectivity index (χ1v) is 13.0. The summed E-state index contributed by atoms with van der Waals surface area (Å²) in [6.45, 7) is 0. The van der Waals surface area contributed by atoms with E-state index in [1.807, 2.05) is 182 Å². The SMILES string of the molecule is [Cr].c1ccc(Nc2ccccc2)cc1.c1ccc(Nc2ccccc2)cc1.c1ccc(Nc2ccccc2)cc1. The Morgan fingerprint density at radius 2 is 0.325 bits per heavy atom. The molecule has 0 radical (unpaired) electrons. The molecule has 6 aromatic carbocycles. The molecule has 3 nitrogen and oxygen atoms in total. The van der Waals surface area contributed by atoms with Gasteiger partial charge in [-0.05, 0) is 72.8 Å². The molecular weight excluding hydrogens is 526 g/mol. The first kappa shape index (κ1) is 29.8. The van der Waals surface area contributed by atoms with E-state index in [1.54, 1.807) is 0 Å². The molecule has 6 aromatic rings. The Bertz CT molecular complexity index is 1140. The topological polar surface area (TPSA) is 36.1 Å². The average molecular weight is 560 g/mol. The van der Waals surface area contributed by atoms with Gasteiger partial charge in [0.15, 0.2) is 0 Å². The third-order valence-corrected chi connectivity index (χ3v) is 5.51. The van der Waals surface area contributed by atoms with Crippen LogP contribution in [0.3, 0.4) is 0 Å². The second kappa shape index (κ2) is 17.7. The maximum absolute atomic E-state index is 3.30. The standard InChI is InChI=1S/3C12H11N.Cr/c3*1-3-7-11(8-4-1)13-12-9-5-2-6-10-12;/h3*1-10,13H;. The summed E-state index contributed by atoms with van der Waals surface area (Å²) in [5.74, 6) is 0. The normalized spacial score (nSPS) is 9.30. The Morgan fingerprint density at radius 1 is 0.200 bits per heavy atom. The number of hydrogen-bond acceptors (Lipinski definition) is 3. The number of rotatable bonds is 6. The third-order valence-electron chi connectivity index (χ3n) is 5.51. The quantitative estimate of drug-likeness (QED) is 0.190. The molecule has 3 N–H and O–H groups in total. The zero-order chi connectivity index (χ0) is 26.8. The number of para-hydroxylation sites is 6. The second-order valence-electron chi connectivity index (χ2n) is 8.57. The summed E-state index contributed by atoms with van der Waals surface area (Å²) in [5, 5.41) is 9.91. The van der Waals surface area contributed by atoms with E-state index in [1.165, 1.54) is 0 Å². The van der Waals surface area contributed by atoms with Crippen molar-refractivity contribution in [1.29, 1.82) is 0 Å². The van der Waals surface area contributed by atoms with Crippen LogP contribution in [0.15, 0.2) is 182 Å². The maximum Gasteiger partial charge on any atom is 0.0384 e. The molecule has 0 heterocycles. The van der Waals surface area contributed by atoms with Gasteiger partial charge < -0.3 is 16.0 Å². The molecular formula is C36H33CrN3. The zero-order valence-corrected chi connectivity index (χ0v) is 23.5. The van der Waals surface area contributed by atoms with Gasteiger partial charge in [0.2, 0.25) is 0 Å². The molecule has 0 saturated heterocycles. The van der Waals surface area contributed by atoms with E-state index in [0.29, 0.717) is 0 Å². The zero-order valence-electron chi connectivity index (χ0n) is 22.2. The second-order valence-corrected chi connectivity index (χ2v) is 8.57. The van der Waals surface area contributed by atoms with E-state index in [9.17, 15) is 0 Å². The molecule has 0 unspecified atom stereocenters. The van der Waals surface area contributed by atoms with Crippen LogP contribution in [0.25, 0.3) is 0 Å². The van der Waals surface area contributed by atoms with Gasteiger partial charge in [-0.1, -0.05) is 109 Å². The van der Waals surface area contributed by atoms with Gasteiger partial charge in [-0.25, -0.2) is 0 Å². The van der Waals surface area contributed by atoms with Crippen molar-refractivity contribution in [1.82, 2.24) is 0 Å². The molecule has 0 bridgehead atoms. The summed E-state index contributed by atoms with van der Waals surface area (Å²) in [4.78, 5) is 0. The molecule has 4 heteroatoms. The molecule has 6 rings (SSSR count). The van der Waals surface area contributed by atoms with Gasteiger partial charge in [0.1, 0.15) is 0 Å². The Hall–Kier alpha value is -4.75. The molecule has 40 heavy (non-hydrogen) atoms. The van der Waals surface area contributed by atoms with Gasteiger partial charge in [0, 0.05) is 51.5 Å². The van der Waals surface area contributed by atoms with E-state index in [0.717, 1.165) is 34.1 Å². The van der Waals surface area contributed by atoms with Gasteiger partial charge in [-0.15, -0.1) is 0 Å². The van der Waals surface area contributed by atoms with Gasteiger partial charge in [-0.2, -0.15) is 0 Å². The van der Waals surface area contributed by atoms with Crippen molar-refractivity contribution < 1.29 is 17.4 Å². The van der Waals surface area contributed by atoms with E-state index in [2.05, 4.69) is 16.0 Å². The van der Waals surface area contributed by atoms with Gasteiger partial charge in [0.25, 0.3) is 0 Å². The number of benzene rings is 6. The summed E-state index contributed by atoms with van der Waals surface area (Å²) >= 11 is 0. The summed E-state index contributed by atoms with van der Waals surface area (Å²) in [6, 6.07) is 60.9. The van der Waals surface area contributed by atoms with Crippen molar-refractivity contribution in [2.45, 2.75) is 0 Å². The van der Waals surface area contributed by atoms with Crippen LogP contribution < -0.4 is 16.0 Å². The van der Waals surface area contributed by atoms with Crippen molar-refractivity contribution in [2.75, 3.05) is 16.0 Å². The van der Waals surface area contributed by atoms with Crippen LogP contribution in [0, 0.1) is 0 Å². The predicted octanol–water partition coefficient (Wildman–Crippen LogP) is 10.3. The first-order chi connectivity index (χ1) is 19.3. The minimum absolute atomic E-state index is 0. The van der Waals surface area contributed by atoms with Crippen LogP contribution in [-0.4, -0.2) is 0 Å². The minimum Gasteiger partial charge on any atom is -0.356 e.